The third kappa shape index (κ3) is 72.5. The Hall–Kier alpha value is -4.94. The van der Waals surface area contributed by atoms with Gasteiger partial charge < -0.3 is 24.8 Å². The van der Waals surface area contributed by atoms with E-state index in [1.807, 2.05) is 44.2 Å². The summed E-state index contributed by atoms with van der Waals surface area (Å²) in [6, 6.07) is 43.2. The fraction of sp³-hybridized carbons (Fsp3) is 0.609. The topological polar surface area (TPSA) is 94.1 Å². The molecule has 92 heavy (non-hydrogen) atoms. The maximum absolute atomic E-state index is 9.13. The van der Waals surface area contributed by atoms with Crippen molar-refractivity contribution in [1.82, 2.24) is 0 Å². The van der Waals surface area contributed by atoms with Gasteiger partial charge in [-0.1, -0.05) is 318 Å². The van der Waals surface area contributed by atoms with E-state index < -0.39 is 0 Å². The molecule has 1 heterocycles. The average Bonchev–Trinajstić information content (AvgIpc) is 1.30. The third-order valence-corrected chi connectivity index (χ3v) is 13.4. The number of furan rings is 1. The Bertz CT molecular complexity index is 2510. The Balaban J connectivity index is -0.000000474. The highest BCUT2D eigenvalue weighted by Gasteiger charge is 2.15. The monoisotopic (exact) mass is 1270 g/mol. The van der Waals surface area contributed by atoms with Crippen LogP contribution in [0.3, 0.4) is 0 Å². The molecule has 1 unspecified atom stereocenters. The first-order valence-electron chi connectivity index (χ1n) is 34.7. The van der Waals surface area contributed by atoms with Gasteiger partial charge in [0, 0.05) is 13.0 Å². The van der Waals surface area contributed by atoms with Crippen LogP contribution in [0.15, 0.2) is 173 Å². The van der Waals surface area contributed by atoms with Crippen molar-refractivity contribution < 1.29 is 24.8 Å². The van der Waals surface area contributed by atoms with Gasteiger partial charge in [0.05, 0.1) is 19.5 Å². The first kappa shape index (κ1) is 93.5. The Morgan fingerprint density at radius 1 is 0.424 bits per heavy atom. The molecule has 0 saturated heterocycles. The standard InChI is InChI=1S/C12H18.C10H14O.2C10H14.C9H14O.C9H20O.2C9H18O.C9H18/c1-12(2,3)10-9-11-7-5-4-6-8-11;1-8(2)6-9-4-3-5-10(11)7-9;1-10(2,3)9-7-5-4-6-8-9;1-9(2)8-10-6-4-3-5-7-10;1-9(2,3)7-8-5-4-6-10-8;3*1-8(7-10)5-6-9(2,3)4;1-8(2)6-7-9(3,4)5/h4-8H,9-10H2,1-3H3;3-5,7-8,11H,6H2,1-2H3;4-8H,1-3H3;3-7,9H,8H2,1-2H3;4-6H,7H2,1-3H3;8,10H,5-7H2,1-4H3;2*5,10H,6-7H2,1-4H3;6H,7H2,1-5H3/b;;;;;;8-5+;8-5-;. The Kier molecular flexibility index (Phi) is 50.4. The molecular weight excluding hydrogens is 1120 g/mol. The van der Waals surface area contributed by atoms with Crippen LogP contribution in [0.25, 0.3) is 0 Å². The van der Waals surface area contributed by atoms with Gasteiger partial charge in [0.15, 0.2) is 0 Å². The van der Waals surface area contributed by atoms with E-state index in [2.05, 4.69) is 303 Å². The average molecular weight is 1270 g/mol. The molecule has 4 N–H and O–H groups in total. The zero-order chi connectivity index (χ0) is 72.0. The van der Waals surface area contributed by atoms with E-state index in [4.69, 9.17) is 24.8 Å². The lowest BCUT2D eigenvalue weighted by atomic mass is 9.87. The fourth-order valence-corrected chi connectivity index (χ4v) is 7.65. The van der Waals surface area contributed by atoms with Gasteiger partial charge >= 0.3 is 0 Å². The van der Waals surface area contributed by atoms with E-state index in [0.717, 1.165) is 54.9 Å². The molecule has 0 aliphatic rings. The minimum Gasteiger partial charge on any atom is -0.508 e. The first-order chi connectivity index (χ1) is 42.0. The molecule has 5 heteroatoms. The number of benzene rings is 4. The maximum Gasteiger partial charge on any atom is 0.115 e. The van der Waals surface area contributed by atoms with Crippen LogP contribution in [0, 0.1) is 50.2 Å². The van der Waals surface area contributed by atoms with Crippen LogP contribution in [-0.4, -0.2) is 40.2 Å². The minimum absolute atomic E-state index is 0.191. The molecule has 0 aliphatic carbocycles. The zero-order valence-electron chi connectivity index (χ0n) is 65.6. The van der Waals surface area contributed by atoms with Crippen LogP contribution in [0.1, 0.15) is 274 Å². The van der Waals surface area contributed by atoms with Gasteiger partial charge in [-0.05, 0) is 188 Å². The number of rotatable bonds is 15. The summed E-state index contributed by atoms with van der Waals surface area (Å²) >= 11 is 0. The highest BCUT2D eigenvalue weighted by molar-refractivity contribution is 5.27. The van der Waals surface area contributed by atoms with Crippen LogP contribution < -0.4 is 0 Å². The van der Waals surface area contributed by atoms with Crippen molar-refractivity contribution in [3.63, 3.8) is 0 Å². The van der Waals surface area contributed by atoms with Gasteiger partial charge in [0.2, 0.25) is 0 Å². The van der Waals surface area contributed by atoms with E-state index in [1.165, 1.54) is 59.9 Å². The predicted molar refractivity (Wildman–Crippen MR) is 411 cm³/mol. The number of phenolic OH excluding ortho intramolecular Hbond substituents is 1. The lowest BCUT2D eigenvalue weighted by Crippen LogP contribution is -2.10. The minimum atomic E-state index is 0.191. The van der Waals surface area contributed by atoms with Crippen LogP contribution in [0.5, 0.6) is 5.75 Å². The number of aliphatic hydroxyl groups is 3. The number of aliphatic hydroxyl groups excluding tert-OH is 3. The predicted octanol–water partition coefficient (Wildman–Crippen LogP) is 25.5. The van der Waals surface area contributed by atoms with Crippen LogP contribution >= 0.6 is 0 Å². The van der Waals surface area contributed by atoms with Crippen LogP contribution in [0.4, 0.5) is 0 Å². The van der Waals surface area contributed by atoms with Crippen molar-refractivity contribution in [2.24, 2.45) is 50.2 Å². The summed E-state index contributed by atoms with van der Waals surface area (Å²) in [5.74, 6) is 3.33. The summed E-state index contributed by atoms with van der Waals surface area (Å²) in [6.07, 6.45) is 19.5. The van der Waals surface area contributed by atoms with Crippen molar-refractivity contribution in [3.8, 4) is 5.75 Å². The summed E-state index contributed by atoms with van der Waals surface area (Å²) in [5, 5.41) is 35.2. The Morgan fingerprint density at radius 2 is 0.815 bits per heavy atom. The second-order valence-corrected chi connectivity index (χ2v) is 34.7. The summed E-state index contributed by atoms with van der Waals surface area (Å²) in [6.45, 7) is 66.6. The SMILES string of the molecule is C/C(=C/CC(C)(C)C)CO.C/C(=C\CC(C)(C)C)CO.CC(C)(C)CCc1ccccc1.CC(C)(C)Cc1ccco1.CC(C)(C)c1ccccc1.CC(C)=CCC(C)(C)C.CC(C)Cc1cccc(O)c1.CC(C)Cc1ccccc1.CC(CO)CCC(C)(C)C. The van der Waals surface area contributed by atoms with Crippen molar-refractivity contribution >= 4 is 0 Å². The Morgan fingerprint density at radius 3 is 1.12 bits per heavy atom. The van der Waals surface area contributed by atoms with Crippen LogP contribution in [0.2, 0.25) is 0 Å². The maximum atomic E-state index is 9.13. The Labute approximate surface area is 571 Å². The second kappa shape index (κ2) is 49.6. The molecule has 0 bridgehead atoms. The molecule has 5 aromatic rings. The molecule has 0 aliphatic heterocycles. The molecule has 526 valence electrons. The van der Waals surface area contributed by atoms with E-state index >= 15 is 0 Å². The van der Waals surface area contributed by atoms with Crippen molar-refractivity contribution in [2.45, 2.75) is 277 Å². The van der Waals surface area contributed by atoms with E-state index in [9.17, 15) is 0 Å². The van der Waals surface area contributed by atoms with Gasteiger partial charge in [-0.25, -0.2) is 0 Å². The van der Waals surface area contributed by atoms with Crippen LogP contribution in [-0.2, 0) is 31.1 Å². The number of allylic oxidation sites excluding steroid dienone is 4. The fourth-order valence-electron chi connectivity index (χ4n) is 7.65. The summed E-state index contributed by atoms with van der Waals surface area (Å²) in [5.41, 5.74) is 11.7. The number of hydrogen-bond donors (Lipinski definition) is 4. The highest BCUT2D eigenvalue weighted by Crippen LogP contribution is 2.26. The molecule has 5 nitrogen and oxygen atoms in total. The smallest absolute Gasteiger partial charge is 0.115 e. The highest BCUT2D eigenvalue weighted by atomic mass is 16.3. The molecule has 0 spiro atoms. The largest absolute Gasteiger partial charge is 0.508 e. The number of phenols is 1. The second-order valence-electron chi connectivity index (χ2n) is 34.7. The number of aromatic hydroxyl groups is 1. The lowest BCUT2D eigenvalue weighted by Gasteiger charge is -2.19. The molecule has 1 atom stereocenters. The van der Waals surface area contributed by atoms with Crippen molar-refractivity contribution in [1.29, 1.82) is 0 Å². The lowest BCUT2D eigenvalue weighted by molar-refractivity contribution is 0.212. The zero-order valence-corrected chi connectivity index (χ0v) is 65.6. The molecule has 0 fully saturated rings. The number of aryl methyl sites for hydroxylation is 1. The molecule has 1 aromatic heterocycles. The molecule has 0 amide bonds. The first-order valence-corrected chi connectivity index (χ1v) is 34.7. The molecule has 0 saturated carbocycles. The van der Waals surface area contributed by atoms with Gasteiger partial charge in [-0.3, -0.25) is 0 Å². The van der Waals surface area contributed by atoms with E-state index in [1.54, 1.807) is 12.3 Å². The van der Waals surface area contributed by atoms with Crippen molar-refractivity contribution in [3.05, 3.63) is 197 Å². The van der Waals surface area contributed by atoms with Gasteiger partial charge in [-0.2, -0.15) is 0 Å². The summed E-state index contributed by atoms with van der Waals surface area (Å²) in [4.78, 5) is 0. The molecule has 5 rings (SSSR count). The molecular formula is C87H148O5. The summed E-state index contributed by atoms with van der Waals surface area (Å²) in [7, 11) is 0. The summed E-state index contributed by atoms with van der Waals surface area (Å²) < 4.78 is 5.21. The van der Waals surface area contributed by atoms with Gasteiger partial charge in [-0.15, -0.1) is 0 Å². The quantitative estimate of drug-likeness (QED) is 0.0784. The van der Waals surface area contributed by atoms with E-state index in [0.29, 0.717) is 62.1 Å². The third-order valence-electron chi connectivity index (χ3n) is 13.4. The van der Waals surface area contributed by atoms with Gasteiger partial charge in [0.25, 0.3) is 0 Å². The number of hydrogen-bond acceptors (Lipinski definition) is 5. The van der Waals surface area contributed by atoms with E-state index in [-0.39, 0.29) is 13.2 Å². The van der Waals surface area contributed by atoms with Gasteiger partial charge in [0.1, 0.15) is 11.5 Å². The molecule has 0 radical (unpaired) electrons. The molecule has 4 aromatic carbocycles. The van der Waals surface area contributed by atoms with Crippen molar-refractivity contribution in [2.75, 3.05) is 19.8 Å². The normalized spacial score (nSPS) is 12.2.